The molecule has 5 heteroatoms. The van der Waals surface area contributed by atoms with E-state index in [1.807, 2.05) is 37.3 Å². The molecule has 0 unspecified atom stereocenters. The van der Waals surface area contributed by atoms with E-state index in [1.54, 1.807) is 4.57 Å². The second kappa shape index (κ2) is 4.10. The summed E-state index contributed by atoms with van der Waals surface area (Å²) in [5.41, 5.74) is 2.23. The first-order valence-electron chi connectivity index (χ1n) is 5.61. The first-order valence-corrected chi connectivity index (χ1v) is 5.61. The fourth-order valence-electron chi connectivity index (χ4n) is 1.92. The van der Waals surface area contributed by atoms with Crippen LogP contribution in [0.3, 0.4) is 0 Å². The summed E-state index contributed by atoms with van der Waals surface area (Å²) in [7, 11) is 0. The lowest BCUT2D eigenvalue weighted by Gasteiger charge is -2.06. The van der Waals surface area contributed by atoms with Crippen molar-refractivity contribution in [3.05, 3.63) is 58.3 Å². The van der Waals surface area contributed by atoms with Crippen molar-refractivity contribution in [1.29, 1.82) is 0 Å². The molecule has 0 saturated carbocycles. The molecule has 2 aromatic heterocycles. The molecule has 0 radical (unpaired) electrons. The van der Waals surface area contributed by atoms with Gasteiger partial charge in [0.05, 0.1) is 29.5 Å². The van der Waals surface area contributed by atoms with Crippen molar-refractivity contribution in [1.82, 2.24) is 14.7 Å². The maximum absolute atomic E-state index is 11.9. The van der Waals surface area contributed by atoms with Crippen LogP contribution in [0.2, 0.25) is 0 Å². The molecule has 90 valence electrons. The summed E-state index contributed by atoms with van der Waals surface area (Å²) >= 11 is 0. The van der Waals surface area contributed by atoms with Crippen LogP contribution in [0.25, 0.3) is 11.0 Å². The van der Waals surface area contributed by atoms with Gasteiger partial charge in [-0.25, -0.2) is 4.98 Å². The predicted molar refractivity (Wildman–Crippen MR) is 66.3 cm³/mol. The molecule has 18 heavy (non-hydrogen) atoms. The molecule has 0 fully saturated rings. The van der Waals surface area contributed by atoms with Crippen LogP contribution in [0.4, 0.5) is 0 Å². The summed E-state index contributed by atoms with van der Waals surface area (Å²) in [4.78, 5) is 16.0. The third-order valence-electron chi connectivity index (χ3n) is 2.74. The van der Waals surface area contributed by atoms with Gasteiger partial charge in [0.25, 0.3) is 5.56 Å². The molecule has 0 atom stereocenters. The molecule has 0 amide bonds. The Bertz CT molecular complexity index is 758. The van der Waals surface area contributed by atoms with Gasteiger partial charge in [-0.15, -0.1) is 0 Å². The van der Waals surface area contributed by atoms with E-state index in [2.05, 4.69) is 10.1 Å². The second-order valence-electron chi connectivity index (χ2n) is 4.11. The van der Waals surface area contributed by atoms with E-state index in [0.29, 0.717) is 12.3 Å². The Kier molecular flexibility index (Phi) is 2.44. The molecule has 1 aromatic carbocycles. The SMILES string of the molecule is Cc1cc(Cn2c(=O)cnc3ccccc32)on1. The van der Waals surface area contributed by atoms with Gasteiger partial charge in [-0.1, -0.05) is 17.3 Å². The Morgan fingerprint density at radius 3 is 2.94 bits per heavy atom. The fraction of sp³-hybridized carbons (Fsp3) is 0.154. The van der Waals surface area contributed by atoms with E-state index in [0.717, 1.165) is 16.7 Å². The monoisotopic (exact) mass is 241 g/mol. The molecular weight excluding hydrogens is 230 g/mol. The summed E-state index contributed by atoms with van der Waals surface area (Å²) < 4.78 is 6.77. The summed E-state index contributed by atoms with van der Waals surface area (Å²) in [5, 5.41) is 3.82. The smallest absolute Gasteiger partial charge is 0.269 e. The van der Waals surface area contributed by atoms with Gasteiger partial charge in [0.1, 0.15) is 0 Å². The molecule has 0 spiro atoms. The van der Waals surface area contributed by atoms with Gasteiger partial charge >= 0.3 is 0 Å². The Morgan fingerprint density at radius 1 is 1.33 bits per heavy atom. The third-order valence-corrected chi connectivity index (χ3v) is 2.74. The van der Waals surface area contributed by atoms with Crippen LogP contribution in [0.1, 0.15) is 11.5 Å². The maximum Gasteiger partial charge on any atom is 0.269 e. The summed E-state index contributed by atoms with van der Waals surface area (Å²) in [6, 6.07) is 9.33. The van der Waals surface area contributed by atoms with Crippen molar-refractivity contribution in [2.24, 2.45) is 0 Å². The minimum absolute atomic E-state index is 0.150. The van der Waals surface area contributed by atoms with Gasteiger partial charge in [-0.2, -0.15) is 0 Å². The molecule has 0 aliphatic carbocycles. The van der Waals surface area contributed by atoms with Crippen molar-refractivity contribution in [3.63, 3.8) is 0 Å². The minimum Gasteiger partial charge on any atom is -0.359 e. The van der Waals surface area contributed by atoms with Crippen molar-refractivity contribution in [2.45, 2.75) is 13.5 Å². The highest BCUT2D eigenvalue weighted by Crippen LogP contribution is 2.11. The van der Waals surface area contributed by atoms with Gasteiger partial charge in [-0.3, -0.25) is 9.36 Å². The van der Waals surface area contributed by atoms with E-state index in [1.165, 1.54) is 6.20 Å². The van der Waals surface area contributed by atoms with E-state index >= 15 is 0 Å². The quantitative estimate of drug-likeness (QED) is 0.685. The number of nitrogens with zero attached hydrogens (tertiary/aromatic N) is 3. The zero-order valence-electron chi connectivity index (χ0n) is 9.83. The molecule has 3 aromatic rings. The van der Waals surface area contributed by atoms with Gasteiger partial charge < -0.3 is 4.52 Å². The number of para-hydroxylation sites is 2. The maximum atomic E-state index is 11.9. The summed E-state index contributed by atoms with van der Waals surface area (Å²) in [5.74, 6) is 0.658. The predicted octanol–water partition coefficient (Wildman–Crippen LogP) is 1.74. The van der Waals surface area contributed by atoms with Crippen molar-refractivity contribution >= 4 is 11.0 Å². The molecule has 0 saturated heterocycles. The van der Waals surface area contributed by atoms with E-state index in [4.69, 9.17) is 4.52 Å². The first-order chi connectivity index (χ1) is 8.74. The lowest BCUT2D eigenvalue weighted by Crippen LogP contribution is -2.20. The standard InChI is InChI=1S/C13H11N3O2/c1-9-6-10(18-15-9)8-16-12-5-3-2-4-11(12)14-7-13(16)17/h2-7H,8H2,1H3. The van der Waals surface area contributed by atoms with Crippen LogP contribution in [0, 0.1) is 6.92 Å². The fourth-order valence-corrected chi connectivity index (χ4v) is 1.92. The molecule has 0 N–H and O–H groups in total. The molecule has 0 bridgehead atoms. The topological polar surface area (TPSA) is 60.9 Å². The van der Waals surface area contributed by atoms with Gasteiger partial charge in [0.15, 0.2) is 5.76 Å². The summed E-state index contributed by atoms with van der Waals surface area (Å²) in [6.07, 6.45) is 1.32. The average Bonchev–Trinajstić information content (AvgIpc) is 2.79. The number of rotatable bonds is 2. The average molecular weight is 241 g/mol. The van der Waals surface area contributed by atoms with Gasteiger partial charge in [0, 0.05) is 6.07 Å². The van der Waals surface area contributed by atoms with E-state index in [9.17, 15) is 4.79 Å². The molecule has 2 heterocycles. The number of aromatic nitrogens is 3. The number of hydrogen-bond acceptors (Lipinski definition) is 4. The molecule has 3 rings (SSSR count). The highest BCUT2D eigenvalue weighted by molar-refractivity contribution is 5.74. The number of hydrogen-bond donors (Lipinski definition) is 0. The lowest BCUT2D eigenvalue weighted by molar-refractivity contribution is 0.373. The zero-order chi connectivity index (χ0) is 12.5. The molecule has 0 aliphatic rings. The normalized spacial score (nSPS) is 10.9. The Balaban J connectivity index is 2.16. The Hall–Kier alpha value is -2.43. The molecule has 5 nitrogen and oxygen atoms in total. The highest BCUT2D eigenvalue weighted by Gasteiger charge is 2.07. The largest absolute Gasteiger partial charge is 0.359 e. The van der Waals surface area contributed by atoms with Crippen LogP contribution < -0.4 is 5.56 Å². The number of benzene rings is 1. The van der Waals surface area contributed by atoms with Crippen LogP contribution in [0.5, 0.6) is 0 Å². The minimum atomic E-state index is -0.150. The highest BCUT2D eigenvalue weighted by atomic mass is 16.5. The lowest BCUT2D eigenvalue weighted by atomic mass is 10.3. The van der Waals surface area contributed by atoms with Crippen LogP contribution in [0.15, 0.2) is 45.8 Å². The van der Waals surface area contributed by atoms with Crippen molar-refractivity contribution in [2.75, 3.05) is 0 Å². The van der Waals surface area contributed by atoms with Crippen molar-refractivity contribution in [3.8, 4) is 0 Å². The first kappa shape index (κ1) is 10.7. The van der Waals surface area contributed by atoms with Gasteiger partial charge in [-0.05, 0) is 19.1 Å². The number of aryl methyl sites for hydroxylation is 1. The van der Waals surface area contributed by atoms with Crippen LogP contribution >= 0.6 is 0 Å². The van der Waals surface area contributed by atoms with E-state index < -0.39 is 0 Å². The molecule has 0 aliphatic heterocycles. The zero-order valence-corrected chi connectivity index (χ0v) is 9.83. The Labute approximate surface area is 103 Å². The van der Waals surface area contributed by atoms with Crippen LogP contribution in [-0.2, 0) is 6.54 Å². The van der Waals surface area contributed by atoms with Crippen LogP contribution in [-0.4, -0.2) is 14.7 Å². The molecular formula is C13H11N3O2. The number of fused-ring (bicyclic) bond motifs is 1. The summed E-state index contributed by atoms with van der Waals surface area (Å²) in [6.45, 7) is 2.21. The Morgan fingerprint density at radius 2 is 2.17 bits per heavy atom. The van der Waals surface area contributed by atoms with Crippen molar-refractivity contribution < 1.29 is 4.52 Å². The van der Waals surface area contributed by atoms with Gasteiger partial charge in [0.2, 0.25) is 0 Å². The third kappa shape index (κ3) is 1.79. The second-order valence-corrected chi connectivity index (χ2v) is 4.11. The van der Waals surface area contributed by atoms with E-state index in [-0.39, 0.29) is 5.56 Å².